The molecule has 6 heteroatoms. The third-order valence-electron chi connectivity index (χ3n) is 1.63. The monoisotopic (exact) mass is 206 g/mol. The van der Waals surface area contributed by atoms with E-state index in [1.54, 1.807) is 0 Å². The number of methoxy groups -OCH3 is 1. The van der Waals surface area contributed by atoms with Crippen LogP contribution in [0.25, 0.3) is 0 Å². The maximum absolute atomic E-state index is 12.2. The van der Waals surface area contributed by atoms with E-state index in [9.17, 15) is 13.2 Å². The average molecular weight is 206 g/mol. The van der Waals surface area contributed by atoms with Crippen molar-refractivity contribution in [2.45, 2.75) is 12.2 Å². The van der Waals surface area contributed by atoms with Crippen LogP contribution < -0.4 is 10.5 Å². The topological polar surface area (TPSA) is 48.1 Å². The predicted molar refractivity (Wildman–Crippen MR) is 43.8 cm³/mol. The first-order valence-corrected chi connectivity index (χ1v) is 3.78. The standard InChI is InChI=1S/C8H9F3N2O/c1-14-6-4-2-3-5(13-6)7(12)8(9,10)11/h2-4,7H,12H2,1H3. The Hall–Kier alpha value is -1.30. The number of halogens is 3. The molecule has 0 saturated carbocycles. The summed E-state index contributed by atoms with van der Waals surface area (Å²) in [4.78, 5) is 3.59. The Morgan fingerprint density at radius 3 is 2.57 bits per heavy atom. The molecule has 0 aliphatic rings. The summed E-state index contributed by atoms with van der Waals surface area (Å²) in [7, 11) is 1.32. The van der Waals surface area contributed by atoms with E-state index in [0.29, 0.717) is 0 Å². The fraction of sp³-hybridized carbons (Fsp3) is 0.375. The van der Waals surface area contributed by atoms with Crippen LogP contribution in [0.4, 0.5) is 13.2 Å². The Kier molecular flexibility index (Phi) is 2.95. The summed E-state index contributed by atoms with van der Waals surface area (Å²) in [5.41, 5.74) is 4.70. The molecule has 0 amide bonds. The van der Waals surface area contributed by atoms with Crippen molar-refractivity contribution in [2.75, 3.05) is 7.11 Å². The van der Waals surface area contributed by atoms with Gasteiger partial charge in [-0.25, -0.2) is 4.98 Å². The Bertz CT molecular complexity index is 314. The van der Waals surface area contributed by atoms with Crippen LogP contribution in [0.15, 0.2) is 18.2 Å². The third kappa shape index (κ3) is 2.35. The number of alkyl halides is 3. The van der Waals surface area contributed by atoms with E-state index in [1.807, 2.05) is 0 Å². The second-order valence-corrected chi connectivity index (χ2v) is 2.62. The van der Waals surface area contributed by atoms with Gasteiger partial charge in [-0.15, -0.1) is 0 Å². The Morgan fingerprint density at radius 2 is 2.07 bits per heavy atom. The van der Waals surface area contributed by atoms with Gasteiger partial charge in [0.05, 0.1) is 12.8 Å². The quantitative estimate of drug-likeness (QED) is 0.800. The van der Waals surface area contributed by atoms with Crippen molar-refractivity contribution in [3.63, 3.8) is 0 Å². The zero-order chi connectivity index (χ0) is 10.8. The molecule has 2 N–H and O–H groups in total. The van der Waals surface area contributed by atoms with Gasteiger partial charge in [0, 0.05) is 6.07 Å². The molecule has 0 fully saturated rings. The van der Waals surface area contributed by atoms with E-state index >= 15 is 0 Å². The lowest BCUT2D eigenvalue weighted by molar-refractivity contribution is -0.150. The van der Waals surface area contributed by atoms with Gasteiger partial charge in [0.25, 0.3) is 0 Å². The predicted octanol–water partition coefficient (Wildman–Crippen LogP) is 1.65. The van der Waals surface area contributed by atoms with Crippen LogP contribution >= 0.6 is 0 Å². The summed E-state index contributed by atoms with van der Waals surface area (Å²) in [6, 6.07) is 2.00. The van der Waals surface area contributed by atoms with Crippen LogP contribution in [0.2, 0.25) is 0 Å². The van der Waals surface area contributed by atoms with Crippen LogP contribution in [0.1, 0.15) is 11.7 Å². The van der Waals surface area contributed by atoms with Crippen molar-refractivity contribution in [3.8, 4) is 5.88 Å². The molecule has 1 heterocycles. The van der Waals surface area contributed by atoms with Gasteiger partial charge < -0.3 is 10.5 Å². The van der Waals surface area contributed by atoms with Crippen molar-refractivity contribution in [1.82, 2.24) is 4.98 Å². The van der Waals surface area contributed by atoms with Gasteiger partial charge in [0.15, 0.2) is 0 Å². The number of hydrogen-bond donors (Lipinski definition) is 1. The molecule has 1 atom stereocenters. The van der Waals surface area contributed by atoms with Gasteiger partial charge in [-0.1, -0.05) is 6.07 Å². The molecule has 1 rings (SSSR count). The summed E-state index contributed by atoms with van der Waals surface area (Å²) in [5.74, 6) is 0.113. The first kappa shape index (κ1) is 10.8. The smallest absolute Gasteiger partial charge is 0.409 e. The lowest BCUT2D eigenvalue weighted by atomic mass is 10.2. The highest BCUT2D eigenvalue weighted by Gasteiger charge is 2.38. The first-order valence-electron chi connectivity index (χ1n) is 3.78. The van der Waals surface area contributed by atoms with E-state index in [4.69, 9.17) is 5.73 Å². The number of aromatic nitrogens is 1. The van der Waals surface area contributed by atoms with Crippen LogP contribution in [0, 0.1) is 0 Å². The van der Waals surface area contributed by atoms with Crippen molar-refractivity contribution >= 4 is 0 Å². The SMILES string of the molecule is COc1cccc(C(N)C(F)(F)F)n1. The summed E-state index contributed by atoms with van der Waals surface area (Å²) in [6.45, 7) is 0. The summed E-state index contributed by atoms with van der Waals surface area (Å²) < 4.78 is 41.2. The minimum atomic E-state index is -4.49. The minimum Gasteiger partial charge on any atom is -0.481 e. The molecule has 0 aliphatic carbocycles. The second-order valence-electron chi connectivity index (χ2n) is 2.62. The Balaban J connectivity index is 2.95. The summed E-state index contributed by atoms with van der Waals surface area (Å²) in [6.07, 6.45) is -4.49. The van der Waals surface area contributed by atoms with Gasteiger partial charge in [-0.05, 0) is 6.07 Å². The minimum absolute atomic E-state index is 0.113. The van der Waals surface area contributed by atoms with Gasteiger partial charge in [-0.3, -0.25) is 0 Å². The molecule has 0 spiro atoms. The highest BCUT2D eigenvalue weighted by Crippen LogP contribution is 2.29. The summed E-state index contributed by atoms with van der Waals surface area (Å²) >= 11 is 0. The molecule has 0 radical (unpaired) electrons. The van der Waals surface area contributed by atoms with Crippen LogP contribution in [0.3, 0.4) is 0 Å². The maximum Gasteiger partial charge on any atom is 0.409 e. The molecule has 1 aromatic heterocycles. The number of hydrogen-bond acceptors (Lipinski definition) is 3. The molecule has 0 bridgehead atoms. The molecular formula is C8H9F3N2O. The zero-order valence-corrected chi connectivity index (χ0v) is 7.38. The van der Waals surface area contributed by atoms with Gasteiger partial charge in [0.1, 0.15) is 6.04 Å². The highest BCUT2D eigenvalue weighted by molar-refractivity contribution is 5.18. The van der Waals surface area contributed by atoms with Crippen molar-refractivity contribution in [3.05, 3.63) is 23.9 Å². The number of rotatable bonds is 2. The molecule has 78 valence electrons. The van der Waals surface area contributed by atoms with Crippen LogP contribution in [-0.4, -0.2) is 18.3 Å². The van der Waals surface area contributed by atoms with E-state index in [-0.39, 0.29) is 11.6 Å². The molecule has 1 unspecified atom stereocenters. The van der Waals surface area contributed by atoms with E-state index < -0.39 is 12.2 Å². The molecule has 0 saturated heterocycles. The molecule has 1 aromatic rings. The fourth-order valence-electron chi connectivity index (χ4n) is 0.885. The van der Waals surface area contributed by atoms with E-state index in [0.717, 1.165) is 0 Å². The van der Waals surface area contributed by atoms with Crippen LogP contribution in [-0.2, 0) is 0 Å². The molecule has 14 heavy (non-hydrogen) atoms. The van der Waals surface area contributed by atoms with Gasteiger partial charge in [0.2, 0.25) is 5.88 Å². The number of nitrogens with two attached hydrogens (primary N) is 1. The van der Waals surface area contributed by atoms with Crippen LogP contribution in [0.5, 0.6) is 5.88 Å². The largest absolute Gasteiger partial charge is 0.481 e. The lowest BCUT2D eigenvalue weighted by Gasteiger charge is -2.15. The first-order chi connectivity index (χ1) is 6.45. The fourth-order valence-corrected chi connectivity index (χ4v) is 0.885. The average Bonchev–Trinajstić information content (AvgIpc) is 2.15. The normalized spacial score (nSPS) is 13.8. The van der Waals surface area contributed by atoms with Crippen molar-refractivity contribution in [2.24, 2.45) is 5.73 Å². The molecule has 3 nitrogen and oxygen atoms in total. The van der Waals surface area contributed by atoms with Gasteiger partial charge in [-0.2, -0.15) is 13.2 Å². The molecular weight excluding hydrogens is 197 g/mol. The number of pyridine rings is 1. The number of nitrogens with zero attached hydrogens (tertiary/aromatic N) is 1. The van der Waals surface area contributed by atoms with Crippen molar-refractivity contribution in [1.29, 1.82) is 0 Å². The Morgan fingerprint density at radius 1 is 1.43 bits per heavy atom. The third-order valence-corrected chi connectivity index (χ3v) is 1.63. The highest BCUT2D eigenvalue weighted by atomic mass is 19.4. The molecule has 0 aromatic carbocycles. The number of ether oxygens (including phenoxy) is 1. The lowest BCUT2D eigenvalue weighted by Crippen LogP contribution is -2.29. The summed E-state index contributed by atoms with van der Waals surface area (Å²) in [5, 5.41) is 0. The second kappa shape index (κ2) is 3.83. The van der Waals surface area contributed by atoms with E-state index in [1.165, 1.54) is 25.3 Å². The zero-order valence-electron chi connectivity index (χ0n) is 7.38. The maximum atomic E-state index is 12.2. The van der Waals surface area contributed by atoms with Gasteiger partial charge >= 0.3 is 6.18 Å². The van der Waals surface area contributed by atoms with Crippen molar-refractivity contribution < 1.29 is 17.9 Å². The van der Waals surface area contributed by atoms with E-state index in [2.05, 4.69) is 9.72 Å². The Labute approximate surface area is 78.7 Å². The molecule has 0 aliphatic heterocycles.